The van der Waals surface area contributed by atoms with E-state index in [1.807, 2.05) is 0 Å². The molecule has 1 atom stereocenters. The van der Waals surface area contributed by atoms with Gasteiger partial charge in [-0.05, 0) is 67.8 Å². The highest BCUT2D eigenvalue weighted by Gasteiger charge is 2.21. The minimum Gasteiger partial charge on any atom is -0.481 e. The molecule has 2 aromatic rings. The van der Waals surface area contributed by atoms with Gasteiger partial charge in [0, 0.05) is 53.8 Å². The number of nitrogens with one attached hydrogen (secondary N) is 2. The number of aliphatic carboxylic acids is 1. The highest BCUT2D eigenvalue weighted by molar-refractivity contribution is 6.30. The molecule has 2 aromatic carbocycles. The first-order valence-electron chi connectivity index (χ1n) is 10.8. The molecule has 1 unspecified atom stereocenters. The van der Waals surface area contributed by atoms with E-state index in [4.69, 9.17) is 16.7 Å². The fourth-order valence-electron chi connectivity index (χ4n) is 3.63. The third-order valence-electron chi connectivity index (χ3n) is 5.37. The molecule has 1 fully saturated rings. The highest BCUT2D eigenvalue weighted by Crippen LogP contribution is 2.21. The second kappa shape index (κ2) is 11.5. The molecule has 0 saturated carbocycles. The maximum absolute atomic E-state index is 12.7. The predicted octanol–water partition coefficient (Wildman–Crippen LogP) is 3.85. The molecule has 33 heavy (non-hydrogen) atoms. The molecule has 1 saturated heterocycles. The number of hydrogen-bond donors (Lipinski definition) is 3. The summed E-state index contributed by atoms with van der Waals surface area (Å²) < 4.78 is 0. The van der Waals surface area contributed by atoms with Crippen molar-refractivity contribution in [3.8, 4) is 0 Å². The lowest BCUT2D eigenvalue weighted by molar-refractivity contribution is -0.137. The van der Waals surface area contributed by atoms with Crippen LogP contribution in [-0.2, 0) is 14.4 Å². The van der Waals surface area contributed by atoms with E-state index in [2.05, 4.69) is 10.6 Å². The number of rotatable bonds is 9. The van der Waals surface area contributed by atoms with E-state index in [1.54, 1.807) is 53.4 Å². The van der Waals surface area contributed by atoms with Gasteiger partial charge in [-0.2, -0.15) is 0 Å². The van der Waals surface area contributed by atoms with Crippen LogP contribution in [0.5, 0.6) is 0 Å². The van der Waals surface area contributed by atoms with Gasteiger partial charge < -0.3 is 20.6 Å². The molecule has 0 spiro atoms. The minimum atomic E-state index is -1.01. The number of carbonyl (C=O) groups excluding carboxylic acids is 3. The molecule has 3 rings (SSSR count). The van der Waals surface area contributed by atoms with E-state index >= 15 is 0 Å². The molecular weight excluding hydrogens is 446 g/mol. The van der Waals surface area contributed by atoms with Crippen molar-refractivity contribution in [1.29, 1.82) is 0 Å². The minimum absolute atomic E-state index is 0.0684. The Bertz CT molecular complexity index is 1010. The van der Waals surface area contributed by atoms with Crippen LogP contribution in [-0.4, -0.2) is 41.4 Å². The summed E-state index contributed by atoms with van der Waals surface area (Å²) in [7, 11) is 0. The zero-order valence-corrected chi connectivity index (χ0v) is 18.8. The Morgan fingerprint density at radius 1 is 1.03 bits per heavy atom. The number of carbonyl (C=O) groups is 4. The number of piperidine rings is 1. The lowest BCUT2D eigenvalue weighted by Crippen LogP contribution is -2.38. The van der Waals surface area contributed by atoms with E-state index in [0.29, 0.717) is 29.2 Å². The normalized spacial score (nSPS) is 14.5. The summed E-state index contributed by atoms with van der Waals surface area (Å²) in [6, 6.07) is 12.6. The van der Waals surface area contributed by atoms with Crippen molar-refractivity contribution >= 4 is 46.7 Å². The van der Waals surface area contributed by atoms with Gasteiger partial charge >= 0.3 is 5.97 Å². The quantitative estimate of drug-likeness (QED) is 0.513. The van der Waals surface area contributed by atoms with E-state index in [0.717, 1.165) is 18.5 Å². The van der Waals surface area contributed by atoms with E-state index < -0.39 is 17.9 Å². The molecule has 174 valence electrons. The molecule has 0 aliphatic carbocycles. The second-order valence-corrected chi connectivity index (χ2v) is 8.35. The maximum atomic E-state index is 12.7. The van der Waals surface area contributed by atoms with Crippen LogP contribution in [0.15, 0.2) is 48.5 Å². The number of benzene rings is 2. The first-order chi connectivity index (χ1) is 15.8. The number of amides is 3. The first-order valence-corrected chi connectivity index (χ1v) is 11.2. The van der Waals surface area contributed by atoms with Crippen molar-refractivity contribution in [2.24, 2.45) is 0 Å². The second-order valence-electron chi connectivity index (χ2n) is 7.91. The maximum Gasteiger partial charge on any atom is 0.303 e. The van der Waals surface area contributed by atoms with Crippen LogP contribution in [0, 0.1) is 0 Å². The Morgan fingerprint density at radius 3 is 2.36 bits per heavy atom. The van der Waals surface area contributed by atoms with Crippen LogP contribution in [0.1, 0.15) is 48.9 Å². The molecule has 8 nitrogen and oxygen atoms in total. The van der Waals surface area contributed by atoms with Crippen molar-refractivity contribution in [2.45, 2.75) is 44.6 Å². The van der Waals surface area contributed by atoms with Crippen LogP contribution in [0.2, 0.25) is 5.02 Å². The molecule has 3 N–H and O–H groups in total. The third-order valence-corrected chi connectivity index (χ3v) is 5.62. The summed E-state index contributed by atoms with van der Waals surface area (Å²) in [5, 5.41) is 15.0. The number of carboxylic acids is 1. The number of nitrogens with zero attached hydrogens (tertiary/aromatic N) is 1. The van der Waals surface area contributed by atoms with Gasteiger partial charge in [0.1, 0.15) is 0 Å². The lowest BCUT2D eigenvalue weighted by Gasteiger charge is -2.27. The van der Waals surface area contributed by atoms with Crippen LogP contribution in [0.3, 0.4) is 0 Å². The third kappa shape index (κ3) is 7.32. The molecule has 9 heteroatoms. The lowest BCUT2D eigenvalue weighted by atomic mass is 10.1. The molecule has 1 aliphatic rings. The molecule has 0 bridgehead atoms. The average molecular weight is 472 g/mol. The van der Waals surface area contributed by atoms with Gasteiger partial charge in [-0.25, -0.2) is 0 Å². The van der Waals surface area contributed by atoms with E-state index in [1.165, 1.54) is 0 Å². The van der Waals surface area contributed by atoms with Gasteiger partial charge in [-0.15, -0.1) is 0 Å². The summed E-state index contributed by atoms with van der Waals surface area (Å²) in [6.07, 6.45) is 2.19. The average Bonchev–Trinajstić information content (AvgIpc) is 2.79. The zero-order chi connectivity index (χ0) is 23.8. The van der Waals surface area contributed by atoms with Crippen LogP contribution in [0.25, 0.3) is 0 Å². The molecule has 0 aromatic heterocycles. The van der Waals surface area contributed by atoms with Gasteiger partial charge in [0.05, 0.1) is 0 Å². The molecule has 1 heterocycles. The number of halogens is 1. The summed E-state index contributed by atoms with van der Waals surface area (Å²) >= 11 is 5.84. The standard InChI is InChI=1S/C24H26ClN3O5/c25-17-6-8-18(9-7-17)26-21(29)15-19(10-13-23(31)32)27-24(33)16-4-11-20(12-5-16)28-14-2-1-3-22(28)30/h4-9,11-12,19H,1-3,10,13-15H2,(H,26,29)(H,27,33)(H,31,32). The van der Waals surface area contributed by atoms with Crippen LogP contribution >= 0.6 is 11.6 Å². The zero-order valence-electron chi connectivity index (χ0n) is 18.1. The largest absolute Gasteiger partial charge is 0.481 e. The fraction of sp³-hybridized carbons (Fsp3) is 0.333. The Labute approximate surface area is 196 Å². The molecule has 3 amide bonds. The highest BCUT2D eigenvalue weighted by atomic mass is 35.5. The number of hydrogen-bond acceptors (Lipinski definition) is 4. The molecule has 1 aliphatic heterocycles. The van der Waals surface area contributed by atoms with Crippen LogP contribution in [0.4, 0.5) is 11.4 Å². The van der Waals surface area contributed by atoms with Gasteiger partial charge in [0.25, 0.3) is 5.91 Å². The first kappa shape index (κ1) is 24.3. The Hall–Kier alpha value is -3.39. The van der Waals surface area contributed by atoms with Crippen molar-refractivity contribution in [3.05, 3.63) is 59.1 Å². The Kier molecular flexibility index (Phi) is 8.43. The van der Waals surface area contributed by atoms with Crippen molar-refractivity contribution in [1.82, 2.24) is 5.32 Å². The monoisotopic (exact) mass is 471 g/mol. The summed E-state index contributed by atoms with van der Waals surface area (Å²) in [6.45, 7) is 0.657. The Balaban J connectivity index is 1.62. The summed E-state index contributed by atoms with van der Waals surface area (Å²) in [5.74, 6) is -1.71. The van der Waals surface area contributed by atoms with Gasteiger partial charge in [0.15, 0.2) is 0 Å². The smallest absolute Gasteiger partial charge is 0.303 e. The van der Waals surface area contributed by atoms with Crippen molar-refractivity contribution < 1.29 is 24.3 Å². The fourth-order valence-corrected chi connectivity index (χ4v) is 3.76. The van der Waals surface area contributed by atoms with Gasteiger partial charge in [-0.1, -0.05) is 11.6 Å². The van der Waals surface area contributed by atoms with Gasteiger partial charge in [0.2, 0.25) is 11.8 Å². The van der Waals surface area contributed by atoms with Crippen molar-refractivity contribution in [2.75, 3.05) is 16.8 Å². The van der Waals surface area contributed by atoms with E-state index in [-0.39, 0.29) is 31.1 Å². The molecule has 0 radical (unpaired) electrons. The number of anilines is 2. The molecular formula is C24H26ClN3O5. The van der Waals surface area contributed by atoms with Crippen LogP contribution < -0.4 is 15.5 Å². The topological polar surface area (TPSA) is 116 Å². The SMILES string of the molecule is O=C(O)CCC(CC(=O)Nc1ccc(Cl)cc1)NC(=O)c1ccc(N2CCCCC2=O)cc1. The summed E-state index contributed by atoms with van der Waals surface area (Å²) in [5.41, 5.74) is 1.65. The predicted molar refractivity (Wildman–Crippen MR) is 125 cm³/mol. The summed E-state index contributed by atoms with van der Waals surface area (Å²) in [4.78, 5) is 50.0. The van der Waals surface area contributed by atoms with Gasteiger partial charge in [-0.3, -0.25) is 19.2 Å². The van der Waals surface area contributed by atoms with Crippen molar-refractivity contribution in [3.63, 3.8) is 0 Å². The van der Waals surface area contributed by atoms with E-state index in [9.17, 15) is 19.2 Å². The number of carboxylic acid groups (broad SMARTS) is 1. The Morgan fingerprint density at radius 2 is 1.73 bits per heavy atom.